The predicted molar refractivity (Wildman–Crippen MR) is 61.3 cm³/mol. The van der Waals surface area contributed by atoms with Crippen molar-refractivity contribution >= 4 is 31.9 Å². The van der Waals surface area contributed by atoms with Crippen molar-refractivity contribution in [2.75, 3.05) is 5.33 Å². The molecule has 0 aliphatic rings. The van der Waals surface area contributed by atoms with Crippen LogP contribution >= 0.6 is 31.9 Å². The lowest BCUT2D eigenvalue weighted by Crippen LogP contribution is -1.93. The standard InChI is InChI=1S/C10H12Br2/c1-8-2-3-9(4-5-11)10(6-8)7-12/h2-3,6H,4-5,7H2,1H3. The third-order valence-electron chi connectivity index (χ3n) is 1.87. The SMILES string of the molecule is Cc1ccc(CCBr)c(CBr)c1. The van der Waals surface area contributed by atoms with E-state index in [9.17, 15) is 0 Å². The van der Waals surface area contributed by atoms with Gasteiger partial charge in [-0.2, -0.15) is 0 Å². The van der Waals surface area contributed by atoms with Crippen LogP contribution in [0.15, 0.2) is 18.2 Å². The van der Waals surface area contributed by atoms with E-state index in [1.165, 1.54) is 16.7 Å². The minimum absolute atomic E-state index is 0.955. The van der Waals surface area contributed by atoms with Gasteiger partial charge in [-0.3, -0.25) is 0 Å². The van der Waals surface area contributed by atoms with Crippen molar-refractivity contribution in [3.63, 3.8) is 0 Å². The number of rotatable bonds is 3. The van der Waals surface area contributed by atoms with Crippen LogP contribution in [0.4, 0.5) is 0 Å². The number of hydrogen-bond acceptors (Lipinski definition) is 0. The van der Waals surface area contributed by atoms with Crippen molar-refractivity contribution in [1.82, 2.24) is 0 Å². The summed E-state index contributed by atoms with van der Waals surface area (Å²) in [6.45, 7) is 2.13. The van der Waals surface area contributed by atoms with E-state index in [4.69, 9.17) is 0 Å². The average Bonchev–Trinajstić information content (AvgIpc) is 2.08. The Morgan fingerprint density at radius 3 is 2.50 bits per heavy atom. The third-order valence-corrected chi connectivity index (χ3v) is 2.87. The van der Waals surface area contributed by atoms with Gasteiger partial charge in [-0.25, -0.2) is 0 Å². The molecule has 0 atom stereocenters. The van der Waals surface area contributed by atoms with Crippen LogP contribution in [-0.4, -0.2) is 5.33 Å². The van der Waals surface area contributed by atoms with E-state index in [1.807, 2.05) is 0 Å². The summed E-state index contributed by atoms with van der Waals surface area (Å²) in [5.41, 5.74) is 4.19. The lowest BCUT2D eigenvalue weighted by molar-refractivity contribution is 1.12. The molecule has 66 valence electrons. The molecule has 0 N–H and O–H groups in total. The van der Waals surface area contributed by atoms with Crippen LogP contribution in [0, 0.1) is 6.92 Å². The lowest BCUT2D eigenvalue weighted by atomic mass is 10.0. The maximum absolute atomic E-state index is 3.50. The smallest absolute Gasteiger partial charge is 0.0285 e. The zero-order valence-electron chi connectivity index (χ0n) is 7.11. The number of halogens is 2. The zero-order valence-corrected chi connectivity index (χ0v) is 10.3. The Labute approximate surface area is 90.6 Å². The van der Waals surface area contributed by atoms with Crippen molar-refractivity contribution < 1.29 is 0 Å². The highest BCUT2D eigenvalue weighted by atomic mass is 79.9. The highest BCUT2D eigenvalue weighted by molar-refractivity contribution is 9.09. The normalized spacial score (nSPS) is 10.2. The van der Waals surface area contributed by atoms with Gasteiger partial charge in [0, 0.05) is 10.7 Å². The molecule has 0 nitrogen and oxygen atoms in total. The molecule has 0 saturated heterocycles. The van der Waals surface area contributed by atoms with Gasteiger partial charge in [-0.15, -0.1) is 0 Å². The van der Waals surface area contributed by atoms with Crippen LogP contribution < -0.4 is 0 Å². The van der Waals surface area contributed by atoms with Gasteiger partial charge in [0.25, 0.3) is 0 Å². The summed E-state index contributed by atoms with van der Waals surface area (Å²) in [5.74, 6) is 0. The number of aryl methyl sites for hydroxylation is 2. The predicted octanol–water partition coefficient (Wildman–Crippen LogP) is 3.83. The highest BCUT2D eigenvalue weighted by Crippen LogP contribution is 2.16. The molecule has 0 unspecified atom stereocenters. The molecule has 1 rings (SSSR count). The molecule has 0 bridgehead atoms. The zero-order chi connectivity index (χ0) is 8.97. The quantitative estimate of drug-likeness (QED) is 0.743. The fraction of sp³-hybridized carbons (Fsp3) is 0.400. The molecule has 1 aromatic carbocycles. The second kappa shape index (κ2) is 5.03. The molecule has 0 aromatic heterocycles. The fourth-order valence-corrected chi connectivity index (χ4v) is 2.17. The largest absolute Gasteiger partial charge is 0.0924 e. The van der Waals surface area contributed by atoms with E-state index in [-0.39, 0.29) is 0 Å². The Bertz CT molecular complexity index is 256. The minimum atomic E-state index is 0.955. The van der Waals surface area contributed by atoms with E-state index < -0.39 is 0 Å². The van der Waals surface area contributed by atoms with E-state index >= 15 is 0 Å². The van der Waals surface area contributed by atoms with E-state index in [0.717, 1.165) is 17.1 Å². The topological polar surface area (TPSA) is 0 Å². The molecule has 0 spiro atoms. The van der Waals surface area contributed by atoms with Crippen LogP contribution in [0.2, 0.25) is 0 Å². The summed E-state index contributed by atoms with van der Waals surface area (Å²) in [7, 11) is 0. The maximum Gasteiger partial charge on any atom is 0.0285 e. The minimum Gasteiger partial charge on any atom is -0.0924 e. The summed E-state index contributed by atoms with van der Waals surface area (Å²) in [5, 5.41) is 1.99. The Morgan fingerprint density at radius 2 is 1.92 bits per heavy atom. The van der Waals surface area contributed by atoms with Crippen LogP contribution in [-0.2, 0) is 11.8 Å². The van der Waals surface area contributed by atoms with Crippen molar-refractivity contribution in [3.8, 4) is 0 Å². The van der Waals surface area contributed by atoms with Crippen LogP contribution in [0.1, 0.15) is 16.7 Å². The molecular weight excluding hydrogens is 280 g/mol. The number of hydrogen-bond donors (Lipinski definition) is 0. The first kappa shape index (κ1) is 10.3. The third kappa shape index (κ3) is 2.60. The average molecular weight is 292 g/mol. The van der Waals surface area contributed by atoms with Crippen molar-refractivity contribution in [1.29, 1.82) is 0 Å². The Hall–Kier alpha value is 0.180. The fourth-order valence-electron chi connectivity index (χ4n) is 1.22. The Balaban J connectivity index is 2.94. The molecule has 0 fully saturated rings. The summed E-state index contributed by atoms with van der Waals surface area (Å²) < 4.78 is 0. The second-order valence-corrected chi connectivity index (χ2v) is 4.20. The molecule has 0 radical (unpaired) electrons. The van der Waals surface area contributed by atoms with Crippen LogP contribution in [0.25, 0.3) is 0 Å². The maximum atomic E-state index is 3.50. The number of alkyl halides is 2. The summed E-state index contributed by atoms with van der Waals surface area (Å²) in [6.07, 6.45) is 1.11. The van der Waals surface area contributed by atoms with E-state index in [1.54, 1.807) is 0 Å². The molecule has 0 aliphatic carbocycles. The molecule has 2 heteroatoms. The van der Waals surface area contributed by atoms with Crippen molar-refractivity contribution in [2.24, 2.45) is 0 Å². The first-order chi connectivity index (χ1) is 5.77. The molecular formula is C10H12Br2. The molecule has 1 aromatic rings. The highest BCUT2D eigenvalue weighted by Gasteiger charge is 1.99. The van der Waals surface area contributed by atoms with Gasteiger partial charge >= 0.3 is 0 Å². The molecule has 0 heterocycles. The van der Waals surface area contributed by atoms with Crippen LogP contribution in [0.3, 0.4) is 0 Å². The van der Waals surface area contributed by atoms with Crippen LogP contribution in [0.5, 0.6) is 0 Å². The molecule has 0 aliphatic heterocycles. The van der Waals surface area contributed by atoms with Gasteiger partial charge in [0.1, 0.15) is 0 Å². The van der Waals surface area contributed by atoms with Gasteiger partial charge in [-0.1, -0.05) is 55.6 Å². The van der Waals surface area contributed by atoms with Gasteiger partial charge in [-0.05, 0) is 24.5 Å². The van der Waals surface area contributed by atoms with Gasteiger partial charge in [0.2, 0.25) is 0 Å². The Morgan fingerprint density at radius 1 is 1.17 bits per heavy atom. The van der Waals surface area contributed by atoms with E-state index in [2.05, 4.69) is 57.0 Å². The summed E-state index contributed by atoms with van der Waals surface area (Å²) >= 11 is 6.95. The van der Waals surface area contributed by atoms with Gasteiger partial charge in [0.15, 0.2) is 0 Å². The monoisotopic (exact) mass is 290 g/mol. The van der Waals surface area contributed by atoms with E-state index in [0.29, 0.717) is 0 Å². The first-order valence-electron chi connectivity index (χ1n) is 3.98. The van der Waals surface area contributed by atoms with Crippen molar-refractivity contribution in [2.45, 2.75) is 18.7 Å². The summed E-state index contributed by atoms with van der Waals surface area (Å²) in [4.78, 5) is 0. The van der Waals surface area contributed by atoms with Crippen molar-refractivity contribution in [3.05, 3.63) is 34.9 Å². The lowest BCUT2D eigenvalue weighted by Gasteiger charge is -2.06. The number of benzene rings is 1. The molecule has 0 saturated carbocycles. The Kier molecular flexibility index (Phi) is 4.30. The summed E-state index contributed by atoms with van der Waals surface area (Å²) in [6, 6.07) is 6.63. The second-order valence-electron chi connectivity index (χ2n) is 2.84. The molecule has 0 amide bonds. The molecule has 12 heavy (non-hydrogen) atoms. The van der Waals surface area contributed by atoms with Gasteiger partial charge < -0.3 is 0 Å². The first-order valence-corrected chi connectivity index (χ1v) is 6.22. The van der Waals surface area contributed by atoms with Gasteiger partial charge in [0.05, 0.1) is 0 Å².